The Morgan fingerprint density at radius 2 is 1.45 bits per heavy atom. The Morgan fingerprint density at radius 3 is 1.97 bits per heavy atom. The van der Waals surface area contributed by atoms with Crippen molar-refractivity contribution in [2.45, 2.75) is 23.6 Å². The number of allylic oxidation sites excluding steroid dienone is 4. The van der Waals surface area contributed by atoms with Crippen molar-refractivity contribution in [1.29, 1.82) is 0 Å². The number of hydrogen-bond acceptors (Lipinski definition) is 2. The van der Waals surface area contributed by atoms with E-state index in [0.717, 1.165) is 0 Å². The molecule has 0 unspecified atom stereocenters. The van der Waals surface area contributed by atoms with Crippen LogP contribution in [0.2, 0.25) is 0 Å². The third-order valence-corrected chi connectivity index (χ3v) is 6.49. The van der Waals surface area contributed by atoms with E-state index in [1.165, 1.54) is 37.6 Å². The summed E-state index contributed by atoms with van der Waals surface area (Å²) in [5.74, 6) is 0. The van der Waals surface area contributed by atoms with Crippen molar-refractivity contribution in [1.82, 2.24) is 0 Å². The number of hydrogen-bond donors (Lipinski definition) is 0. The van der Waals surface area contributed by atoms with Crippen LogP contribution in [0.1, 0.15) is 13.8 Å². The van der Waals surface area contributed by atoms with Gasteiger partial charge in [0.1, 0.15) is 0 Å². The van der Waals surface area contributed by atoms with Gasteiger partial charge in [-0.2, -0.15) is 6.08 Å². The van der Waals surface area contributed by atoms with Crippen molar-refractivity contribution in [3.05, 3.63) is 109 Å². The molecule has 0 radical (unpaired) electrons. The second-order valence-electron chi connectivity index (χ2n) is 8.18. The molecule has 0 aromatic heterocycles. The van der Waals surface area contributed by atoms with Crippen molar-refractivity contribution < 1.29 is 17.0 Å². The van der Waals surface area contributed by atoms with E-state index in [-0.39, 0.29) is 5.41 Å². The number of nitrogens with zero attached hydrogens (tertiary/aromatic N) is 1. The molecule has 6 rings (SSSR count). The van der Waals surface area contributed by atoms with Gasteiger partial charge in [-0.3, -0.25) is 6.08 Å². The zero-order valence-electron chi connectivity index (χ0n) is 18.4. The van der Waals surface area contributed by atoms with Gasteiger partial charge in [0.2, 0.25) is 0 Å². The minimum Gasteiger partial charge on any atom is -0.327 e. The first kappa shape index (κ1) is 24.3. The molecule has 0 spiro atoms. The molecule has 1 nitrogen and oxygen atoms in total. The van der Waals surface area contributed by atoms with Crippen LogP contribution in [0.3, 0.4) is 0 Å². The van der Waals surface area contributed by atoms with Gasteiger partial charge in [-0.25, -0.2) is 12.2 Å². The molecule has 0 saturated heterocycles. The summed E-state index contributed by atoms with van der Waals surface area (Å²) in [5, 5.41) is 2.58. The average molecular weight is 524 g/mol. The summed E-state index contributed by atoms with van der Waals surface area (Å²) >= 11 is 1.29. The summed E-state index contributed by atoms with van der Waals surface area (Å²) in [6.07, 6.45) is 9.28. The van der Waals surface area contributed by atoms with Gasteiger partial charge in [0.25, 0.3) is 0 Å². The van der Waals surface area contributed by atoms with Crippen LogP contribution in [0, 0.1) is 11.5 Å². The van der Waals surface area contributed by atoms with Gasteiger partial charge in [0, 0.05) is 9.79 Å². The number of anilines is 3. The molecule has 1 aliphatic carbocycles. The van der Waals surface area contributed by atoms with E-state index in [2.05, 4.69) is 116 Å². The summed E-state index contributed by atoms with van der Waals surface area (Å²) in [5.41, 5.74) is 3.95. The summed E-state index contributed by atoms with van der Waals surface area (Å²) < 4.78 is 0. The molecule has 166 valence electrons. The van der Waals surface area contributed by atoms with E-state index in [1.807, 2.05) is 23.9 Å². The normalized spacial score (nSPS) is 14.5. The van der Waals surface area contributed by atoms with Crippen LogP contribution in [0.5, 0.6) is 0 Å². The Kier molecular flexibility index (Phi) is 8.17. The number of halogens is 2. The molecule has 5 heteroatoms. The summed E-state index contributed by atoms with van der Waals surface area (Å²) in [6, 6.07) is 30.4. The molecule has 4 aromatic carbocycles. The second-order valence-corrected chi connectivity index (χ2v) is 11.8. The van der Waals surface area contributed by atoms with Gasteiger partial charge in [-0.1, -0.05) is 61.4 Å². The minimum absolute atomic E-state index is 0.208. The second kappa shape index (κ2) is 11.1. The molecular formula is C28H23Cl2NSTi-2. The van der Waals surface area contributed by atoms with Gasteiger partial charge in [0.15, 0.2) is 0 Å². The van der Waals surface area contributed by atoms with Crippen LogP contribution in [0.25, 0.3) is 10.8 Å². The molecule has 33 heavy (non-hydrogen) atoms. The molecule has 0 saturated carbocycles. The molecule has 2 aliphatic rings. The Labute approximate surface area is 217 Å². The predicted molar refractivity (Wildman–Crippen MR) is 141 cm³/mol. The Hall–Kier alpha value is -1.81. The number of rotatable bonds is 1. The van der Waals surface area contributed by atoms with Crippen LogP contribution in [-0.4, -0.2) is 0 Å². The number of fused-ring (bicyclic) bond motifs is 3. The Balaban J connectivity index is 0.000000219. The van der Waals surface area contributed by atoms with Gasteiger partial charge in [-0.05, 0) is 30.0 Å². The van der Waals surface area contributed by atoms with E-state index in [4.69, 9.17) is 18.6 Å². The summed E-state index contributed by atoms with van der Waals surface area (Å²) in [4.78, 5) is 4.98. The van der Waals surface area contributed by atoms with Crippen LogP contribution in [0.4, 0.5) is 17.1 Å². The van der Waals surface area contributed by atoms with E-state index in [0.29, 0.717) is 0 Å². The zero-order chi connectivity index (χ0) is 23.3. The van der Waals surface area contributed by atoms with Crippen molar-refractivity contribution >= 4 is 58.2 Å². The fourth-order valence-electron chi connectivity index (χ4n) is 3.85. The predicted octanol–water partition coefficient (Wildman–Crippen LogP) is 9.81. The first-order chi connectivity index (χ1) is 16.0. The minimum atomic E-state index is -0.556. The van der Waals surface area contributed by atoms with Crippen LogP contribution < -0.4 is 4.90 Å². The molecule has 0 fully saturated rings. The van der Waals surface area contributed by atoms with Crippen molar-refractivity contribution in [3.63, 3.8) is 0 Å². The summed E-state index contributed by atoms with van der Waals surface area (Å²) in [7, 11) is 9.78. The van der Waals surface area contributed by atoms with Crippen LogP contribution in [0.15, 0.2) is 113 Å². The summed E-state index contributed by atoms with van der Waals surface area (Å²) in [6.45, 7) is 4.26. The first-order valence-corrected chi connectivity index (χ1v) is 15.7. The van der Waals surface area contributed by atoms with Crippen molar-refractivity contribution in [2.24, 2.45) is 5.41 Å². The van der Waals surface area contributed by atoms with E-state index < -0.39 is 17.0 Å². The zero-order valence-corrected chi connectivity index (χ0v) is 22.3. The van der Waals surface area contributed by atoms with Gasteiger partial charge >= 0.3 is 35.6 Å². The maximum Gasteiger partial charge on any atom is 0.0584 e. The average Bonchev–Trinajstić information content (AvgIpc) is 3.43. The Bertz CT molecular complexity index is 1200. The smallest absolute Gasteiger partial charge is 0.0584 e. The maximum atomic E-state index is 4.89. The number of benzene rings is 3. The first-order valence-electron chi connectivity index (χ1n) is 10.6. The maximum absolute atomic E-state index is 4.89. The third kappa shape index (κ3) is 5.82. The fourth-order valence-corrected chi connectivity index (χ4v) is 4.90. The molecule has 1 aliphatic heterocycles. The quantitative estimate of drug-likeness (QED) is 0.159. The monoisotopic (exact) mass is 523 g/mol. The standard InChI is InChI=1S/C21H14NS.C7H9.2ClH.Ti/c1-2-8-16-14-17(13-15(16)7-1)22-18-9-3-5-11-20(18)23-21-12-6-4-10-19(21)22;1-7(2)5-3-4-6-7;;;/h1-14H;3-5H,1-2H3;2*1H;/q2*-1;;;+2/p-2. The van der Waals surface area contributed by atoms with Gasteiger partial charge in [-0.15, -0.1) is 41.1 Å². The van der Waals surface area contributed by atoms with Crippen LogP contribution >= 0.6 is 30.4 Å². The molecule has 0 N–H and O–H groups in total. The third-order valence-electron chi connectivity index (χ3n) is 5.36. The Morgan fingerprint density at radius 1 is 0.879 bits per heavy atom. The molecule has 4 aromatic rings. The van der Waals surface area contributed by atoms with Gasteiger partial charge < -0.3 is 4.90 Å². The molecule has 0 atom stereocenters. The number of para-hydroxylation sites is 2. The van der Waals surface area contributed by atoms with Crippen molar-refractivity contribution in [2.75, 3.05) is 4.90 Å². The van der Waals surface area contributed by atoms with Gasteiger partial charge in [0.05, 0.1) is 11.4 Å². The van der Waals surface area contributed by atoms with Crippen molar-refractivity contribution in [3.8, 4) is 0 Å². The van der Waals surface area contributed by atoms with E-state index in [1.54, 1.807) is 0 Å². The largest absolute Gasteiger partial charge is 0.327 e. The SMILES string of the molecule is CC1(C)[C-]=CC=C1.[Cl][Ti][Cl].c1ccc2c(c1)Sc1ccccc1N2c1cc2ccccc2[cH-]1. The fraction of sp³-hybridized carbons (Fsp3) is 0.107. The van der Waals surface area contributed by atoms with E-state index in [9.17, 15) is 0 Å². The molecular weight excluding hydrogens is 501 g/mol. The topological polar surface area (TPSA) is 3.24 Å². The van der Waals surface area contributed by atoms with E-state index >= 15 is 0 Å². The molecule has 0 amide bonds. The molecule has 0 bridgehead atoms. The molecule has 1 heterocycles. The van der Waals surface area contributed by atoms with Crippen LogP contribution in [-0.2, 0) is 17.0 Å².